The maximum atomic E-state index is 12.6. The summed E-state index contributed by atoms with van der Waals surface area (Å²) in [4.78, 5) is 0. The smallest absolute Gasteiger partial charge is 0.274 e. The highest BCUT2D eigenvalue weighted by atomic mass is 19.3. The monoisotopic (exact) mass is 151 g/mol. The Bertz CT molecular complexity index is 118. The maximum absolute atomic E-state index is 12.6. The molecule has 0 spiro atoms. The van der Waals surface area contributed by atoms with Gasteiger partial charge in [-0.1, -0.05) is 0 Å². The second-order valence-electron chi connectivity index (χ2n) is 2.57. The van der Waals surface area contributed by atoms with E-state index in [0.717, 1.165) is 0 Å². The van der Waals surface area contributed by atoms with E-state index in [1.807, 2.05) is 0 Å². The highest BCUT2D eigenvalue weighted by Crippen LogP contribution is 2.25. The lowest BCUT2D eigenvalue weighted by atomic mass is 10.1. The molecule has 0 aromatic rings. The van der Waals surface area contributed by atoms with Gasteiger partial charge in [-0.2, -0.15) is 0 Å². The van der Waals surface area contributed by atoms with Crippen molar-refractivity contribution >= 4 is 0 Å². The number of hydrogen-bond acceptors (Lipinski definition) is 2. The van der Waals surface area contributed by atoms with Gasteiger partial charge in [0.15, 0.2) is 0 Å². The van der Waals surface area contributed by atoms with Crippen LogP contribution < -0.4 is 5.32 Å². The molecule has 0 amide bonds. The molecule has 1 heterocycles. The molecule has 0 radical (unpaired) electrons. The first-order valence-corrected chi connectivity index (χ1v) is 3.39. The van der Waals surface area contributed by atoms with Crippen molar-refractivity contribution in [1.29, 1.82) is 0 Å². The number of alkyl halides is 2. The molecule has 1 unspecified atom stereocenters. The van der Waals surface area contributed by atoms with Crippen LogP contribution in [0.15, 0.2) is 0 Å². The molecule has 1 rings (SSSR count). The number of nitrogens with one attached hydrogen (secondary N) is 1. The minimum absolute atomic E-state index is 0.146. The molecule has 1 aliphatic heterocycles. The van der Waals surface area contributed by atoms with Gasteiger partial charge in [0.05, 0.1) is 0 Å². The summed E-state index contributed by atoms with van der Waals surface area (Å²) in [6.45, 7) is 0.779. The molecule has 1 aliphatic rings. The summed E-state index contributed by atoms with van der Waals surface area (Å²) in [7, 11) is 0. The molecule has 0 bridgehead atoms. The summed E-state index contributed by atoms with van der Waals surface area (Å²) >= 11 is 0. The van der Waals surface area contributed by atoms with Crippen LogP contribution in [0.4, 0.5) is 8.78 Å². The van der Waals surface area contributed by atoms with Gasteiger partial charge in [-0.25, -0.2) is 8.78 Å². The molecule has 60 valence electrons. The lowest BCUT2D eigenvalue weighted by Gasteiger charge is -2.18. The van der Waals surface area contributed by atoms with Gasteiger partial charge in [-0.05, 0) is 13.0 Å². The molecule has 1 saturated heterocycles. The molecule has 1 fully saturated rings. The van der Waals surface area contributed by atoms with Gasteiger partial charge in [-0.3, -0.25) is 0 Å². The zero-order valence-corrected chi connectivity index (χ0v) is 5.61. The fraction of sp³-hybridized carbons (Fsp3) is 1.00. The van der Waals surface area contributed by atoms with Gasteiger partial charge < -0.3 is 10.4 Å². The van der Waals surface area contributed by atoms with Gasteiger partial charge in [0.1, 0.15) is 6.10 Å². The van der Waals surface area contributed by atoms with Crippen LogP contribution in [0.25, 0.3) is 0 Å². The Morgan fingerprint density at radius 3 is 2.80 bits per heavy atom. The second-order valence-corrected chi connectivity index (χ2v) is 2.57. The lowest BCUT2D eigenvalue weighted by molar-refractivity contribution is -0.108. The Kier molecular flexibility index (Phi) is 2.21. The predicted octanol–water partition coefficient (Wildman–Crippen LogP) is 0.366. The number of halogens is 2. The van der Waals surface area contributed by atoms with Gasteiger partial charge in [0.25, 0.3) is 5.92 Å². The Morgan fingerprint density at radius 1 is 1.40 bits per heavy atom. The van der Waals surface area contributed by atoms with E-state index in [9.17, 15) is 8.78 Å². The van der Waals surface area contributed by atoms with Gasteiger partial charge >= 0.3 is 0 Å². The lowest BCUT2D eigenvalue weighted by Crippen LogP contribution is -2.32. The number of aliphatic hydroxyl groups is 1. The van der Waals surface area contributed by atoms with Crippen molar-refractivity contribution < 1.29 is 13.9 Å². The quantitative estimate of drug-likeness (QED) is 0.524. The van der Waals surface area contributed by atoms with Crippen molar-refractivity contribution in [2.24, 2.45) is 0 Å². The third kappa shape index (κ3) is 1.64. The van der Waals surface area contributed by atoms with Crippen molar-refractivity contribution in [2.45, 2.75) is 24.9 Å². The molecular weight excluding hydrogens is 140 g/mol. The van der Waals surface area contributed by atoms with Crippen LogP contribution in [0.2, 0.25) is 0 Å². The average molecular weight is 151 g/mol. The zero-order valence-electron chi connectivity index (χ0n) is 5.61. The Labute approximate surface area is 58.2 Å². The van der Waals surface area contributed by atoms with E-state index in [-0.39, 0.29) is 12.8 Å². The zero-order chi connectivity index (χ0) is 7.61. The Hall–Kier alpha value is -0.220. The highest BCUT2D eigenvalue weighted by molar-refractivity contribution is 4.80. The Morgan fingerprint density at radius 2 is 2.10 bits per heavy atom. The summed E-state index contributed by atoms with van der Waals surface area (Å²) in [5, 5.41) is 11.6. The second kappa shape index (κ2) is 2.80. The van der Waals surface area contributed by atoms with E-state index in [0.29, 0.717) is 13.1 Å². The standard InChI is InChI=1S/C6H11F2NO/c7-6(8)2-4-9-3-1-5(6)10/h5,9-10H,1-4H2. The van der Waals surface area contributed by atoms with Gasteiger partial charge in [0.2, 0.25) is 0 Å². The Balaban J connectivity index is 2.52. The van der Waals surface area contributed by atoms with E-state index in [2.05, 4.69) is 5.32 Å². The summed E-state index contributed by atoms with van der Waals surface area (Å²) in [5.41, 5.74) is 0. The van der Waals surface area contributed by atoms with E-state index in [1.165, 1.54) is 0 Å². The van der Waals surface area contributed by atoms with Crippen LogP contribution in [-0.4, -0.2) is 30.2 Å². The molecule has 0 aliphatic carbocycles. The van der Waals surface area contributed by atoms with Crippen molar-refractivity contribution in [1.82, 2.24) is 5.32 Å². The average Bonchev–Trinajstić information content (AvgIpc) is 1.96. The summed E-state index contributed by atoms with van der Waals surface area (Å²) < 4.78 is 25.1. The first-order valence-electron chi connectivity index (χ1n) is 3.39. The first kappa shape index (κ1) is 7.88. The molecule has 1 atom stereocenters. The SMILES string of the molecule is OC1CCNCCC1(F)F. The van der Waals surface area contributed by atoms with Crippen molar-refractivity contribution in [3.63, 3.8) is 0 Å². The van der Waals surface area contributed by atoms with Crippen LogP contribution in [0.1, 0.15) is 12.8 Å². The molecular formula is C6H11F2NO. The van der Waals surface area contributed by atoms with Gasteiger partial charge in [-0.15, -0.1) is 0 Å². The topological polar surface area (TPSA) is 32.3 Å². The van der Waals surface area contributed by atoms with Crippen LogP contribution >= 0.6 is 0 Å². The van der Waals surface area contributed by atoms with Crippen LogP contribution in [-0.2, 0) is 0 Å². The molecule has 2 N–H and O–H groups in total. The van der Waals surface area contributed by atoms with Crippen LogP contribution in [0, 0.1) is 0 Å². The molecule has 10 heavy (non-hydrogen) atoms. The summed E-state index contributed by atoms with van der Waals surface area (Å²) in [6.07, 6.45) is -1.57. The van der Waals surface area contributed by atoms with E-state index in [1.54, 1.807) is 0 Å². The third-order valence-electron chi connectivity index (χ3n) is 1.72. The minimum Gasteiger partial charge on any atom is -0.387 e. The molecule has 2 nitrogen and oxygen atoms in total. The molecule has 0 aromatic heterocycles. The van der Waals surface area contributed by atoms with Crippen molar-refractivity contribution in [2.75, 3.05) is 13.1 Å². The van der Waals surface area contributed by atoms with Crippen molar-refractivity contribution in [3.8, 4) is 0 Å². The number of hydrogen-bond donors (Lipinski definition) is 2. The summed E-state index contributed by atoms with van der Waals surface area (Å²) in [5.74, 6) is -2.89. The minimum atomic E-state index is -2.89. The normalized spacial score (nSPS) is 33.3. The first-order chi connectivity index (χ1) is 4.63. The van der Waals surface area contributed by atoms with Gasteiger partial charge in [0, 0.05) is 13.0 Å². The fourth-order valence-electron chi connectivity index (χ4n) is 0.997. The summed E-state index contributed by atoms with van der Waals surface area (Å²) in [6, 6.07) is 0. The fourth-order valence-corrected chi connectivity index (χ4v) is 0.997. The molecule has 0 saturated carbocycles. The third-order valence-corrected chi connectivity index (χ3v) is 1.72. The molecule has 0 aromatic carbocycles. The largest absolute Gasteiger partial charge is 0.387 e. The van der Waals surface area contributed by atoms with E-state index >= 15 is 0 Å². The van der Waals surface area contributed by atoms with Crippen molar-refractivity contribution in [3.05, 3.63) is 0 Å². The number of rotatable bonds is 0. The van der Waals surface area contributed by atoms with Crippen LogP contribution in [0.3, 0.4) is 0 Å². The highest BCUT2D eigenvalue weighted by Gasteiger charge is 2.38. The number of aliphatic hydroxyl groups excluding tert-OH is 1. The van der Waals surface area contributed by atoms with E-state index < -0.39 is 12.0 Å². The predicted molar refractivity (Wildman–Crippen MR) is 33.1 cm³/mol. The van der Waals surface area contributed by atoms with E-state index in [4.69, 9.17) is 5.11 Å². The van der Waals surface area contributed by atoms with Crippen LogP contribution in [0.5, 0.6) is 0 Å². The maximum Gasteiger partial charge on any atom is 0.274 e. The molecule has 4 heteroatoms.